The number of aromatic nitrogens is 2. The molecular formula is C20H21F3N4O3S2. The largest absolute Gasteiger partial charge is 0.421 e. The molecule has 0 aromatic carbocycles. The molecule has 0 saturated carbocycles. The van der Waals surface area contributed by atoms with Gasteiger partial charge < -0.3 is 10.0 Å². The van der Waals surface area contributed by atoms with E-state index in [9.17, 15) is 26.7 Å². The Balaban J connectivity index is 1.85. The highest BCUT2D eigenvalue weighted by atomic mass is 32.2. The first-order chi connectivity index (χ1) is 14.9. The minimum Gasteiger partial charge on any atom is -0.376 e. The quantitative estimate of drug-likeness (QED) is 0.516. The lowest BCUT2D eigenvalue weighted by molar-refractivity contribution is -0.259. The molecule has 0 radical (unpaired) electrons. The summed E-state index contributed by atoms with van der Waals surface area (Å²) in [7, 11) is -3.82. The second kappa shape index (κ2) is 8.90. The Kier molecular flexibility index (Phi) is 6.76. The third kappa shape index (κ3) is 4.56. The molecule has 0 unspecified atom stereocenters. The van der Waals surface area contributed by atoms with Gasteiger partial charge in [0.25, 0.3) is 0 Å². The van der Waals surface area contributed by atoms with E-state index in [1.165, 1.54) is 10.4 Å². The molecule has 1 fully saturated rings. The van der Waals surface area contributed by atoms with Crippen molar-refractivity contribution in [2.24, 2.45) is 0 Å². The van der Waals surface area contributed by atoms with E-state index >= 15 is 0 Å². The standard InChI is InChI=1S/C20H21F3N4O3S2/c1-3-6-15-13-26(32(29,30)17-8-5-4-7-16(17)31)9-10-27(15)18-24-11-14(12-25-18)19(2,28)20(21,22)23/h4-5,8,11-12,15,28H,7,9-10,13H2,1-2H3/t15-,19-/m1/s1. The van der Waals surface area contributed by atoms with Crippen LogP contribution in [0.1, 0.15) is 25.8 Å². The SMILES string of the molecule is CC#C[C@@H]1CN(S(=O)(=O)C2=CC=CCC2=S)CCN1c1ncc([C@@](C)(O)C(F)(F)F)cn1. The van der Waals surface area contributed by atoms with Crippen LogP contribution in [0.5, 0.6) is 0 Å². The van der Waals surface area contributed by atoms with Crippen molar-refractivity contribution in [2.75, 3.05) is 24.5 Å². The molecule has 0 spiro atoms. The fraction of sp³-hybridized carbons (Fsp3) is 0.450. The lowest BCUT2D eigenvalue weighted by Gasteiger charge is -2.39. The van der Waals surface area contributed by atoms with Crippen LogP contribution in [0, 0.1) is 11.8 Å². The van der Waals surface area contributed by atoms with Crippen LogP contribution in [0.3, 0.4) is 0 Å². The van der Waals surface area contributed by atoms with Crippen LogP contribution >= 0.6 is 12.2 Å². The number of hydrogen-bond donors (Lipinski definition) is 1. The average molecular weight is 487 g/mol. The van der Waals surface area contributed by atoms with Gasteiger partial charge in [-0.3, -0.25) is 0 Å². The summed E-state index contributed by atoms with van der Waals surface area (Å²) in [6, 6.07) is -0.620. The van der Waals surface area contributed by atoms with E-state index in [2.05, 4.69) is 21.8 Å². The maximum atomic E-state index is 13.1. The van der Waals surface area contributed by atoms with Crippen molar-refractivity contribution in [3.63, 3.8) is 0 Å². The predicted molar refractivity (Wildman–Crippen MR) is 117 cm³/mol. The molecule has 12 heteroatoms. The molecule has 1 N–H and O–H groups in total. The second-order valence-electron chi connectivity index (χ2n) is 7.39. The monoisotopic (exact) mass is 486 g/mol. The Labute approximate surface area is 189 Å². The Hall–Kier alpha value is -2.33. The van der Waals surface area contributed by atoms with E-state index in [-0.39, 0.29) is 30.5 Å². The van der Waals surface area contributed by atoms with Crippen molar-refractivity contribution in [3.05, 3.63) is 41.1 Å². The zero-order valence-electron chi connectivity index (χ0n) is 17.3. The maximum Gasteiger partial charge on any atom is 0.421 e. The molecule has 1 aliphatic carbocycles. The Morgan fingerprint density at radius 2 is 1.91 bits per heavy atom. The third-order valence-corrected chi connectivity index (χ3v) is 7.71. The Morgan fingerprint density at radius 1 is 1.25 bits per heavy atom. The molecule has 1 aromatic heterocycles. The van der Waals surface area contributed by atoms with Crippen molar-refractivity contribution in [1.82, 2.24) is 14.3 Å². The molecule has 1 aromatic rings. The fourth-order valence-corrected chi connectivity index (χ4v) is 5.32. The van der Waals surface area contributed by atoms with E-state index < -0.39 is 33.4 Å². The highest BCUT2D eigenvalue weighted by Crippen LogP contribution is 2.38. The van der Waals surface area contributed by atoms with Crippen molar-refractivity contribution >= 4 is 33.1 Å². The van der Waals surface area contributed by atoms with Gasteiger partial charge in [0, 0.05) is 48.9 Å². The third-order valence-electron chi connectivity index (χ3n) is 5.24. The molecule has 1 aliphatic heterocycles. The Bertz CT molecular complexity index is 1120. The summed E-state index contributed by atoms with van der Waals surface area (Å²) in [5, 5.41) is 9.79. The number of anilines is 1. The minimum atomic E-state index is -4.89. The highest BCUT2D eigenvalue weighted by Gasteiger charge is 2.51. The number of alkyl halides is 3. The summed E-state index contributed by atoms with van der Waals surface area (Å²) >= 11 is 5.21. The number of rotatable bonds is 4. The van der Waals surface area contributed by atoms with Gasteiger partial charge in [0.05, 0.1) is 4.91 Å². The van der Waals surface area contributed by atoms with Crippen LogP contribution in [0.4, 0.5) is 19.1 Å². The summed E-state index contributed by atoms with van der Waals surface area (Å²) in [5.74, 6) is 5.75. The highest BCUT2D eigenvalue weighted by molar-refractivity contribution is 7.96. The molecule has 0 bridgehead atoms. The lowest BCUT2D eigenvalue weighted by atomic mass is 9.99. The van der Waals surface area contributed by atoms with Gasteiger partial charge in [0.1, 0.15) is 6.04 Å². The van der Waals surface area contributed by atoms with Gasteiger partial charge in [-0.1, -0.05) is 30.3 Å². The number of hydrogen-bond acceptors (Lipinski definition) is 7. The minimum absolute atomic E-state index is 0.0121. The van der Waals surface area contributed by atoms with Crippen LogP contribution < -0.4 is 4.90 Å². The van der Waals surface area contributed by atoms with Crippen LogP contribution in [0.15, 0.2) is 35.5 Å². The zero-order chi connectivity index (χ0) is 23.7. The first-order valence-corrected chi connectivity index (χ1v) is 11.4. The summed E-state index contributed by atoms with van der Waals surface area (Å²) < 4.78 is 66.7. The molecule has 2 atom stereocenters. The summed E-state index contributed by atoms with van der Waals surface area (Å²) in [5.41, 5.74) is -3.60. The molecule has 32 heavy (non-hydrogen) atoms. The topological polar surface area (TPSA) is 86.6 Å². The lowest BCUT2D eigenvalue weighted by Crippen LogP contribution is -2.55. The van der Waals surface area contributed by atoms with Gasteiger partial charge in [-0.25, -0.2) is 18.4 Å². The van der Waals surface area contributed by atoms with Gasteiger partial charge >= 0.3 is 6.18 Å². The van der Waals surface area contributed by atoms with E-state index in [1.807, 2.05) is 0 Å². The second-order valence-corrected chi connectivity index (χ2v) is 9.79. The smallest absolute Gasteiger partial charge is 0.376 e. The van der Waals surface area contributed by atoms with E-state index in [1.54, 1.807) is 24.0 Å². The van der Waals surface area contributed by atoms with Gasteiger partial charge in [0.15, 0.2) is 5.60 Å². The molecule has 7 nitrogen and oxygen atoms in total. The number of thiocarbonyl (C=S) groups is 1. The summed E-state index contributed by atoms with van der Waals surface area (Å²) in [4.78, 5) is 10.0. The normalized spacial score (nSPS) is 22.1. The fourth-order valence-electron chi connectivity index (χ4n) is 3.28. The number of piperazine rings is 1. The maximum absolute atomic E-state index is 13.1. The molecular weight excluding hydrogens is 465 g/mol. The molecule has 3 rings (SSSR count). The van der Waals surface area contributed by atoms with Crippen molar-refractivity contribution in [2.45, 2.75) is 38.1 Å². The van der Waals surface area contributed by atoms with Crippen molar-refractivity contribution in [3.8, 4) is 11.8 Å². The van der Waals surface area contributed by atoms with Crippen LogP contribution in [0.2, 0.25) is 0 Å². The van der Waals surface area contributed by atoms with Crippen molar-refractivity contribution in [1.29, 1.82) is 0 Å². The first kappa shape index (κ1) is 24.3. The number of sulfonamides is 1. The van der Waals surface area contributed by atoms with Gasteiger partial charge in [-0.2, -0.15) is 17.5 Å². The number of nitrogens with zero attached hydrogens (tertiary/aromatic N) is 4. The Morgan fingerprint density at radius 3 is 2.47 bits per heavy atom. The van der Waals surface area contributed by atoms with Gasteiger partial charge in [-0.05, 0) is 19.9 Å². The van der Waals surface area contributed by atoms with Crippen LogP contribution in [0.25, 0.3) is 0 Å². The predicted octanol–water partition coefficient (Wildman–Crippen LogP) is 2.30. The van der Waals surface area contributed by atoms with Gasteiger partial charge in [-0.15, -0.1) is 5.92 Å². The average Bonchev–Trinajstić information content (AvgIpc) is 2.73. The summed E-state index contributed by atoms with van der Waals surface area (Å²) in [6.07, 6.45) is 2.20. The van der Waals surface area contributed by atoms with Crippen LogP contribution in [-0.2, 0) is 15.6 Å². The number of halogens is 3. The number of aliphatic hydroxyl groups is 1. The molecule has 2 heterocycles. The van der Waals surface area contributed by atoms with Crippen LogP contribution in [-0.4, -0.2) is 64.5 Å². The van der Waals surface area contributed by atoms with E-state index in [4.69, 9.17) is 12.2 Å². The zero-order valence-corrected chi connectivity index (χ0v) is 18.9. The first-order valence-electron chi connectivity index (χ1n) is 9.60. The molecule has 172 valence electrons. The molecule has 2 aliphatic rings. The molecule has 1 saturated heterocycles. The number of allylic oxidation sites excluding steroid dienone is 4. The van der Waals surface area contributed by atoms with E-state index in [0.29, 0.717) is 18.2 Å². The van der Waals surface area contributed by atoms with Crippen molar-refractivity contribution < 1.29 is 26.7 Å². The van der Waals surface area contributed by atoms with Gasteiger partial charge in [0.2, 0.25) is 16.0 Å². The summed E-state index contributed by atoms with van der Waals surface area (Å²) in [6.45, 7) is 2.50. The molecule has 0 amide bonds. The van der Waals surface area contributed by atoms with E-state index in [0.717, 1.165) is 12.4 Å².